The lowest BCUT2D eigenvalue weighted by atomic mass is 10.3. The number of nitrogens with two attached hydrogens (primary N) is 1. The Hall–Kier alpha value is -2.30. The Kier molecular flexibility index (Phi) is 2.36. The lowest BCUT2D eigenvalue weighted by Gasteiger charge is -2.06. The third-order valence-electron chi connectivity index (χ3n) is 2.46. The summed E-state index contributed by atoms with van der Waals surface area (Å²) in [6.07, 6.45) is 0.580. The second-order valence-corrected chi connectivity index (χ2v) is 3.39. The van der Waals surface area contributed by atoms with E-state index in [9.17, 15) is 9.59 Å². The Labute approximate surface area is 91.7 Å². The maximum atomic E-state index is 11.8. The van der Waals surface area contributed by atoms with E-state index in [4.69, 9.17) is 5.73 Å². The summed E-state index contributed by atoms with van der Waals surface area (Å²) >= 11 is 0. The first kappa shape index (κ1) is 10.2. The molecule has 82 valence electrons. The number of rotatable bonds is 2. The van der Waals surface area contributed by atoms with Crippen molar-refractivity contribution in [2.45, 2.75) is 0 Å². The van der Waals surface area contributed by atoms with E-state index >= 15 is 0 Å². The highest BCUT2D eigenvalue weighted by Crippen LogP contribution is 2.09. The molecule has 0 saturated carbocycles. The summed E-state index contributed by atoms with van der Waals surface area (Å²) in [5.41, 5.74) is 6.03. The molecule has 1 heterocycles. The van der Waals surface area contributed by atoms with Gasteiger partial charge in [-0.15, -0.1) is 0 Å². The number of aromatic nitrogens is 2. The van der Waals surface area contributed by atoms with Gasteiger partial charge in [0.2, 0.25) is 0 Å². The van der Waals surface area contributed by atoms with Crippen molar-refractivity contribution in [3.05, 3.63) is 46.4 Å². The van der Waals surface area contributed by atoms with Gasteiger partial charge in [-0.2, -0.15) is 0 Å². The Morgan fingerprint density at radius 1 is 1.25 bits per heavy atom. The van der Waals surface area contributed by atoms with Crippen LogP contribution in [0, 0.1) is 0 Å². The molecule has 0 amide bonds. The summed E-state index contributed by atoms with van der Waals surface area (Å²) in [4.78, 5) is 22.6. The minimum atomic E-state index is -0.379. The van der Waals surface area contributed by atoms with Gasteiger partial charge in [0.1, 0.15) is 11.4 Å². The Bertz CT molecular complexity index is 581. The maximum Gasteiger partial charge on any atom is 0.295 e. The van der Waals surface area contributed by atoms with Gasteiger partial charge >= 0.3 is 0 Å². The molecule has 0 radical (unpaired) electrons. The highest BCUT2D eigenvalue weighted by molar-refractivity contribution is 5.80. The van der Waals surface area contributed by atoms with Crippen LogP contribution in [-0.2, 0) is 7.05 Å². The van der Waals surface area contributed by atoms with Crippen LogP contribution in [-0.4, -0.2) is 15.6 Å². The number of hydrogen-bond acceptors (Lipinski definition) is 3. The number of para-hydroxylation sites is 1. The van der Waals surface area contributed by atoms with Crippen LogP contribution < -0.4 is 11.3 Å². The fourth-order valence-corrected chi connectivity index (χ4v) is 1.64. The molecule has 2 aromatic rings. The summed E-state index contributed by atoms with van der Waals surface area (Å²) in [5.74, 6) is 0. The standard InChI is InChI=1S/C11H11N3O2/c1-13-9(7-15)10(12)11(16)14(13)8-5-3-2-4-6-8/h2-7H,12H2,1H3. The van der Waals surface area contributed by atoms with Gasteiger partial charge in [-0.1, -0.05) is 18.2 Å². The smallest absolute Gasteiger partial charge is 0.295 e. The summed E-state index contributed by atoms with van der Waals surface area (Å²) in [7, 11) is 1.62. The topological polar surface area (TPSA) is 70.0 Å². The van der Waals surface area contributed by atoms with Crippen LogP contribution in [0.5, 0.6) is 0 Å². The first-order valence-corrected chi connectivity index (χ1v) is 4.75. The molecule has 0 spiro atoms. The first-order valence-electron chi connectivity index (χ1n) is 4.75. The van der Waals surface area contributed by atoms with E-state index in [0.29, 0.717) is 12.0 Å². The molecule has 0 aliphatic heterocycles. The zero-order valence-corrected chi connectivity index (χ0v) is 8.75. The minimum absolute atomic E-state index is 0.0265. The number of hydrogen-bond donors (Lipinski definition) is 1. The normalized spacial score (nSPS) is 10.3. The highest BCUT2D eigenvalue weighted by Gasteiger charge is 2.15. The zero-order chi connectivity index (χ0) is 11.7. The average molecular weight is 217 g/mol. The van der Waals surface area contributed by atoms with Gasteiger partial charge in [0.15, 0.2) is 6.29 Å². The SMILES string of the molecule is Cn1c(C=O)c(N)c(=O)n1-c1ccccc1. The van der Waals surface area contributed by atoms with Crippen LogP contribution in [0.2, 0.25) is 0 Å². The summed E-state index contributed by atoms with van der Waals surface area (Å²) < 4.78 is 2.80. The lowest BCUT2D eigenvalue weighted by molar-refractivity contribution is 0.111. The third-order valence-corrected chi connectivity index (χ3v) is 2.46. The number of nitrogen functional groups attached to an aromatic ring is 1. The largest absolute Gasteiger partial charge is 0.392 e. The van der Waals surface area contributed by atoms with Gasteiger partial charge in [0.05, 0.1) is 5.69 Å². The van der Waals surface area contributed by atoms with Crippen LogP contribution in [0.3, 0.4) is 0 Å². The Morgan fingerprint density at radius 3 is 2.38 bits per heavy atom. The van der Waals surface area contributed by atoms with Gasteiger partial charge in [-0.05, 0) is 12.1 Å². The molecule has 1 aromatic carbocycles. The van der Waals surface area contributed by atoms with Crippen LogP contribution in [0.15, 0.2) is 35.1 Å². The van der Waals surface area contributed by atoms with Crippen LogP contribution in [0.1, 0.15) is 10.5 Å². The number of carbonyl (C=O) groups excluding carboxylic acids is 1. The molecular weight excluding hydrogens is 206 g/mol. The fourth-order valence-electron chi connectivity index (χ4n) is 1.64. The van der Waals surface area contributed by atoms with Crippen LogP contribution in [0.25, 0.3) is 5.69 Å². The average Bonchev–Trinajstić information content (AvgIpc) is 2.51. The second kappa shape index (κ2) is 3.69. The van der Waals surface area contributed by atoms with E-state index in [1.165, 1.54) is 9.36 Å². The van der Waals surface area contributed by atoms with Gasteiger partial charge < -0.3 is 5.73 Å². The zero-order valence-electron chi connectivity index (χ0n) is 8.75. The van der Waals surface area contributed by atoms with Crippen molar-refractivity contribution in [2.75, 3.05) is 5.73 Å². The molecule has 5 nitrogen and oxygen atoms in total. The van der Waals surface area contributed by atoms with Crippen molar-refractivity contribution >= 4 is 12.0 Å². The molecule has 0 bridgehead atoms. The quantitative estimate of drug-likeness (QED) is 0.747. The summed E-state index contributed by atoms with van der Waals surface area (Å²) in [6.45, 7) is 0. The fraction of sp³-hybridized carbons (Fsp3) is 0.0909. The first-order chi connectivity index (χ1) is 7.66. The number of nitrogens with zero attached hydrogens (tertiary/aromatic N) is 2. The van der Waals surface area contributed by atoms with Crippen molar-refractivity contribution in [1.82, 2.24) is 9.36 Å². The van der Waals surface area contributed by atoms with Crippen molar-refractivity contribution in [3.8, 4) is 5.69 Å². The molecule has 0 saturated heterocycles. The van der Waals surface area contributed by atoms with Crippen molar-refractivity contribution < 1.29 is 4.79 Å². The monoisotopic (exact) mass is 217 g/mol. The van der Waals surface area contributed by atoms with Gasteiger partial charge in [-0.25, -0.2) is 4.68 Å². The van der Waals surface area contributed by atoms with E-state index in [1.54, 1.807) is 19.2 Å². The number of carbonyl (C=O) groups is 1. The molecule has 0 fully saturated rings. The van der Waals surface area contributed by atoms with Crippen LogP contribution >= 0.6 is 0 Å². The lowest BCUT2D eigenvalue weighted by Crippen LogP contribution is -2.20. The molecule has 2 N–H and O–H groups in total. The summed E-state index contributed by atoms with van der Waals surface area (Å²) in [6, 6.07) is 9.02. The number of benzene rings is 1. The molecule has 2 rings (SSSR count). The summed E-state index contributed by atoms with van der Waals surface area (Å²) in [5, 5.41) is 0. The van der Waals surface area contributed by atoms with E-state index in [0.717, 1.165) is 0 Å². The van der Waals surface area contributed by atoms with Gasteiger partial charge in [0.25, 0.3) is 5.56 Å². The predicted molar refractivity (Wildman–Crippen MR) is 60.8 cm³/mol. The van der Waals surface area contributed by atoms with E-state index in [-0.39, 0.29) is 16.9 Å². The Morgan fingerprint density at radius 2 is 1.88 bits per heavy atom. The maximum absolute atomic E-state index is 11.8. The molecule has 0 aliphatic rings. The van der Waals surface area contributed by atoms with Crippen LogP contribution in [0.4, 0.5) is 5.69 Å². The second-order valence-electron chi connectivity index (χ2n) is 3.39. The molecule has 0 aliphatic carbocycles. The predicted octanol–water partition coefficient (Wildman–Crippen LogP) is 0.571. The van der Waals surface area contributed by atoms with E-state index in [2.05, 4.69) is 0 Å². The van der Waals surface area contributed by atoms with Crippen molar-refractivity contribution in [3.63, 3.8) is 0 Å². The van der Waals surface area contributed by atoms with Gasteiger partial charge in [0, 0.05) is 7.05 Å². The molecule has 1 aromatic heterocycles. The van der Waals surface area contributed by atoms with Gasteiger partial charge in [-0.3, -0.25) is 14.3 Å². The molecule has 0 atom stereocenters. The Balaban J connectivity index is 2.77. The molecule has 5 heteroatoms. The molecule has 16 heavy (non-hydrogen) atoms. The van der Waals surface area contributed by atoms with Crippen molar-refractivity contribution in [1.29, 1.82) is 0 Å². The number of anilines is 1. The number of aldehydes is 1. The van der Waals surface area contributed by atoms with Crippen molar-refractivity contribution in [2.24, 2.45) is 7.05 Å². The minimum Gasteiger partial charge on any atom is -0.392 e. The third kappa shape index (κ3) is 1.33. The van der Waals surface area contributed by atoms with E-state index < -0.39 is 0 Å². The molecule has 0 unspecified atom stereocenters. The molecular formula is C11H11N3O2. The highest BCUT2D eigenvalue weighted by atomic mass is 16.1. The van der Waals surface area contributed by atoms with E-state index in [1.807, 2.05) is 18.2 Å².